The number of ether oxygens (including phenoxy) is 1. The van der Waals surface area contributed by atoms with E-state index in [1.165, 1.54) is 12.1 Å². The van der Waals surface area contributed by atoms with Crippen LogP contribution in [0, 0.1) is 5.82 Å². The molecule has 0 spiro atoms. The van der Waals surface area contributed by atoms with E-state index in [0.717, 1.165) is 27.6 Å². The Kier molecular flexibility index (Phi) is 5.94. The van der Waals surface area contributed by atoms with Crippen molar-refractivity contribution in [2.24, 2.45) is 5.10 Å². The Morgan fingerprint density at radius 1 is 0.914 bits per heavy atom. The summed E-state index contributed by atoms with van der Waals surface area (Å²) in [6.07, 6.45) is 0. The third-order valence-electron chi connectivity index (χ3n) is 5.89. The molecule has 1 amide bonds. The van der Waals surface area contributed by atoms with Crippen molar-refractivity contribution in [1.29, 1.82) is 0 Å². The van der Waals surface area contributed by atoms with Gasteiger partial charge in [-0.15, -0.1) is 0 Å². The summed E-state index contributed by atoms with van der Waals surface area (Å²) in [7, 11) is 1.64. The summed E-state index contributed by atoms with van der Waals surface area (Å²) in [6.45, 7) is 1.85. The number of halogens is 1. The van der Waals surface area contributed by atoms with Gasteiger partial charge in [-0.1, -0.05) is 36.4 Å². The Morgan fingerprint density at radius 2 is 1.66 bits per heavy atom. The number of para-hydroxylation sites is 1. The lowest BCUT2D eigenvalue weighted by atomic mass is 10.0. The number of aromatic nitrogens is 1. The molecule has 0 aliphatic heterocycles. The van der Waals surface area contributed by atoms with Crippen LogP contribution in [0.3, 0.4) is 0 Å². The highest BCUT2D eigenvalue weighted by atomic mass is 19.1. The molecular weight excluding hydrogens is 441 g/mol. The predicted molar refractivity (Wildman–Crippen MR) is 137 cm³/mol. The summed E-state index contributed by atoms with van der Waals surface area (Å²) in [5, 5.41) is 7.17. The fourth-order valence-corrected chi connectivity index (χ4v) is 3.97. The Labute approximate surface area is 201 Å². The van der Waals surface area contributed by atoms with Gasteiger partial charge in [0, 0.05) is 10.9 Å². The molecule has 5 aromatic rings. The Bertz CT molecular complexity index is 1590. The van der Waals surface area contributed by atoms with Crippen LogP contribution in [0.1, 0.15) is 22.8 Å². The molecule has 5 nitrogen and oxygen atoms in total. The quantitative estimate of drug-likeness (QED) is 0.244. The molecule has 0 saturated heterocycles. The molecule has 1 N–H and O–H groups in total. The van der Waals surface area contributed by atoms with Crippen molar-refractivity contribution in [2.45, 2.75) is 6.92 Å². The van der Waals surface area contributed by atoms with Crippen LogP contribution >= 0.6 is 0 Å². The maximum atomic E-state index is 13.4. The van der Waals surface area contributed by atoms with Crippen molar-refractivity contribution < 1.29 is 13.9 Å². The molecule has 0 atom stereocenters. The van der Waals surface area contributed by atoms with Crippen molar-refractivity contribution in [3.8, 4) is 17.0 Å². The molecule has 0 unspecified atom stereocenters. The second kappa shape index (κ2) is 9.35. The van der Waals surface area contributed by atoms with Gasteiger partial charge in [-0.2, -0.15) is 5.10 Å². The minimum Gasteiger partial charge on any atom is -0.497 e. The first kappa shape index (κ1) is 22.2. The summed E-state index contributed by atoms with van der Waals surface area (Å²) in [6, 6.07) is 27.0. The molecule has 0 aliphatic carbocycles. The van der Waals surface area contributed by atoms with E-state index < -0.39 is 0 Å². The molecule has 0 fully saturated rings. The molecule has 1 aromatic heterocycles. The third-order valence-corrected chi connectivity index (χ3v) is 5.89. The van der Waals surface area contributed by atoms with E-state index >= 15 is 0 Å². The normalized spacial score (nSPS) is 11.6. The van der Waals surface area contributed by atoms with Crippen LogP contribution in [-0.2, 0) is 0 Å². The Morgan fingerprint density at radius 3 is 2.46 bits per heavy atom. The van der Waals surface area contributed by atoms with Gasteiger partial charge in [-0.05, 0) is 77.9 Å². The molecular formula is C29H22FN3O2. The molecule has 0 radical (unpaired) electrons. The van der Waals surface area contributed by atoms with E-state index in [9.17, 15) is 9.18 Å². The number of amides is 1. The zero-order chi connectivity index (χ0) is 24.4. The SMILES string of the molecule is COc1ccc2cc(/C(C)=N/NC(=O)c3cc(-c4ccc(F)cc4)nc4ccccc34)ccc2c1. The van der Waals surface area contributed by atoms with Gasteiger partial charge in [-0.25, -0.2) is 14.8 Å². The van der Waals surface area contributed by atoms with Crippen molar-refractivity contribution in [1.82, 2.24) is 10.4 Å². The number of fused-ring (bicyclic) bond motifs is 2. The summed E-state index contributed by atoms with van der Waals surface area (Å²) < 4.78 is 18.7. The highest BCUT2D eigenvalue weighted by Crippen LogP contribution is 2.25. The number of carbonyl (C=O) groups is 1. The van der Waals surface area contributed by atoms with Crippen LogP contribution in [-0.4, -0.2) is 23.7 Å². The van der Waals surface area contributed by atoms with Crippen LogP contribution in [0.25, 0.3) is 32.9 Å². The number of rotatable bonds is 5. The molecule has 35 heavy (non-hydrogen) atoms. The zero-order valence-electron chi connectivity index (χ0n) is 19.2. The average Bonchev–Trinajstić information content (AvgIpc) is 2.90. The smallest absolute Gasteiger partial charge is 0.272 e. The largest absolute Gasteiger partial charge is 0.497 e. The maximum Gasteiger partial charge on any atom is 0.272 e. The van der Waals surface area contributed by atoms with E-state index in [1.807, 2.05) is 67.6 Å². The van der Waals surface area contributed by atoms with E-state index in [-0.39, 0.29) is 11.7 Å². The van der Waals surface area contributed by atoms with Gasteiger partial charge in [-0.3, -0.25) is 4.79 Å². The number of pyridine rings is 1. The molecule has 0 saturated carbocycles. The van der Waals surface area contributed by atoms with E-state index in [1.54, 1.807) is 25.3 Å². The van der Waals surface area contributed by atoms with Gasteiger partial charge in [0.15, 0.2) is 0 Å². The molecule has 0 aliphatic rings. The fraction of sp³-hybridized carbons (Fsp3) is 0.0690. The molecule has 172 valence electrons. The van der Waals surface area contributed by atoms with E-state index in [2.05, 4.69) is 15.5 Å². The van der Waals surface area contributed by atoms with Crippen LogP contribution in [0.2, 0.25) is 0 Å². The third kappa shape index (κ3) is 4.59. The van der Waals surface area contributed by atoms with Crippen molar-refractivity contribution >= 4 is 33.3 Å². The predicted octanol–water partition coefficient (Wildman–Crippen LogP) is 6.36. The maximum absolute atomic E-state index is 13.4. The summed E-state index contributed by atoms with van der Waals surface area (Å²) >= 11 is 0. The number of nitrogens with zero attached hydrogens (tertiary/aromatic N) is 2. The van der Waals surface area contributed by atoms with Gasteiger partial charge >= 0.3 is 0 Å². The first-order valence-corrected chi connectivity index (χ1v) is 11.1. The minimum absolute atomic E-state index is 0.329. The number of carbonyl (C=O) groups excluding carboxylic acids is 1. The molecule has 6 heteroatoms. The summed E-state index contributed by atoms with van der Waals surface area (Å²) in [5.41, 5.74) is 6.67. The lowest BCUT2D eigenvalue weighted by molar-refractivity contribution is 0.0956. The number of hydrogen-bond acceptors (Lipinski definition) is 4. The van der Waals surface area contributed by atoms with Crippen LogP contribution < -0.4 is 10.2 Å². The monoisotopic (exact) mass is 463 g/mol. The van der Waals surface area contributed by atoms with Crippen LogP contribution in [0.5, 0.6) is 5.75 Å². The number of nitrogens with one attached hydrogen (secondary N) is 1. The zero-order valence-corrected chi connectivity index (χ0v) is 19.2. The number of methoxy groups -OCH3 is 1. The van der Waals surface area contributed by atoms with E-state index in [0.29, 0.717) is 27.9 Å². The first-order valence-electron chi connectivity index (χ1n) is 11.1. The first-order chi connectivity index (χ1) is 17.0. The fourth-order valence-electron chi connectivity index (χ4n) is 3.97. The van der Waals surface area contributed by atoms with Gasteiger partial charge in [0.05, 0.1) is 29.6 Å². The Balaban J connectivity index is 1.46. The molecule has 1 heterocycles. The minimum atomic E-state index is -0.350. The van der Waals surface area contributed by atoms with Crippen molar-refractivity contribution in [3.63, 3.8) is 0 Å². The molecule has 0 bridgehead atoms. The number of benzene rings is 4. The van der Waals surface area contributed by atoms with Gasteiger partial charge in [0.25, 0.3) is 5.91 Å². The second-order valence-corrected chi connectivity index (χ2v) is 8.15. The molecule has 5 rings (SSSR count). The highest BCUT2D eigenvalue weighted by molar-refractivity contribution is 6.08. The lowest BCUT2D eigenvalue weighted by Gasteiger charge is -2.10. The summed E-state index contributed by atoms with van der Waals surface area (Å²) in [5.74, 6) is 0.120. The van der Waals surface area contributed by atoms with Crippen molar-refractivity contribution in [2.75, 3.05) is 7.11 Å². The Hall–Kier alpha value is -4.58. The summed E-state index contributed by atoms with van der Waals surface area (Å²) in [4.78, 5) is 17.9. The van der Waals surface area contributed by atoms with Gasteiger partial charge in [0.2, 0.25) is 0 Å². The van der Waals surface area contributed by atoms with Gasteiger partial charge < -0.3 is 4.74 Å². The average molecular weight is 464 g/mol. The van der Waals surface area contributed by atoms with Crippen molar-refractivity contribution in [3.05, 3.63) is 108 Å². The number of hydrazone groups is 1. The topological polar surface area (TPSA) is 63.6 Å². The molecule has 4 aromatic carbocycles. The van der Waals surface area contributed by atoms with Crippen LogP contribution in [0.15, 0.2) is 96.1 Å². The highest BCUT2D eigenvalue weighted by Gasteiger charge is 2.14. The second-order valence-electron chi connectivity index (χ2n) is 8.15. The standard InChI is InChI=1S/C29H22FN3O2/c1-18(20-7-8-22-16-24(35-2)14-11-21(22)15-20)32-33-29(34)26-17-28(19-9-12-23(30)13-10-19)31-27-6-4-3-5-25(26)27/h3-17H,1-2H3,(H,33,34)/b32-18+. The van der Waals surface area contributed by atoms with Crippen LogP contribution in [0.4, 0.5) is 4.39 Å². The number of hydrogen-bond donors (Lipinski definition) is 1. The van der Waals surface area contributed by atoms with E-state index in [4.69, 9.17) is 4.74 Å². The van der Waals surface area contributed by atoms with Gasteiger partial charge in [0.1, 0.15) is 11.6 Å². The lowest BCUT2D eigenvalue weighted by Crippen LogP contribution is -2.20.